The molecule has 1 unspecified atom stereocenters. The third-order valence-corrected chi connectivity index (χ3v) is 7.08. The lowest BCUT2D eigenvalue weighted by Gasteiger charge is -2.37. The standard InChI is InChI=1S/C22H25N3O4S/c1-21(2)18-12-17(30(5,27)28)10-11-19(18)25-13-20(26)29-22(21,25)14-23-15-6-8-16(9-7-15)24(3)4/h6-12,14H,13H2,1-5H3/b23-14+. The summed E-state index contributed by atoms with van der Waals surface area (Å²) in [5.41, 5.74) is 1.56. The van der Waals surface area contributed by atoms with Gasteiger partial charge < -0.3 is 14.5 Å². The maximum atomic E-state index is 12.3. The van der Waals surface area contributed by atoms with Crippen molar-refractivity contribution in [2.24, 2.45) is 4.99 Å². The Balaban J connectivity index is 1.79. The van der Waals surface area contributed by atoms with Gasteiger partial charge in [-0.25, -0.2) is 8.42 Å². The minimum atomic E-state index is -3.36. The number of esters is 1. The highest BCUT2D eigenvalue weighted by Gasteiger charge is 2.63. The fraction of sp³-hybridized carbons (Fsp3) is 0.364. The number of nitrogens with zero attached hydrogens (tertiary/aromatic N) is 3. The van der Waals surface area contributed by atoms with Crippen LogP contribution in [0.25, 0.3) is 0 Å². The summed E-state index contributed by atoms with van der Waals surface area (Å²) in [6.07, 6.45) is 2.86. The molecule has 2 aliphatic rings. The Morgan fingerprint density at radius 3 is 2.40 bits per heavy atom. The van der Waals surface area contributed by atoms with Crippen molar-refractivity contribution in [2.75, 3.05) is 36.7 Å². The molecule has 0 radical (unpaired) electrons. The number of anilines is 2. The number of aliphatic imine (C=N–C) groups is 1. The van der Waals surface area contributed by atoms with Gasteiger partial charge in [-0.3, -0.25) is 9.79 Å². The molecular formula is C22H25N3O4S. The molecule has 7 nitrogen and oxygen atoms in total. The largest absolute Gasteiger partial charge is 0.431 e. The second-order valence-electron chi connectivity index (χ2n) is 8.50. The molecule has 0 saturated carbocycles. The van der Waals surface area contributed by atoms with Gasteiger partial charge in [0.25, 0.3) is 0 Å². The smallest absolute Gasteiger partial charge is 0.328 e. The Morgan fingerprint density at radius 2 is 1.80 bits per heavy atom. The molecule has 30 heavy (non-hydrogen) atoms. The van der Waals surface area contributed by atoms with Crippen molar-refractivity contribution in [2.45, 2.75) is 29.9 Å². The van der Waals surface area contributed by atoms with E-state index in [1.807, 2.05) is 62.0 Å². The molecule has 2 aromatic carbocycles. The van der Waals surface area contributed by atoms with Crippen LogP contribution in [0.2, 0.25) is 0 Å². The predicted octanol–water partition coefficient (Wildman–Crippen LogP) is 2.91. The highest BCUT2D eigenvalue weighted by molar-refractivity contribution is 7.90. The number of benzene rings is 2. The Morgan fingerprint density at radius 1 is 1.13 bits per heavy atom. The average molecular weight is 428 g/mol. The van der Waals surface area contributed by atoms with Crippen molar-refractivity contribution in [1.29, 1.82) is 0 Å². The van der Waals surface area contributed by atoms with Crippen molar-refractivity contribution in [3.05, 3.63) is 48.0 Å². The molecule has 2 aromatic rings. The molecule has 4 rings (SSSR count). The zero-order valence-electron chi connectivity index (χ0n) is 17.7. The van der Waals surface area contributed by atoms with E-state index < -0.39 is 21.0 Å². The maximum absolute atomic E-state index is 12.3. The first-order valence-electron chi connectivity index (χ1n) is 9.62. The number of rotatable bonds is 4. The van der Waals surface area contributed by atoms with Gasteiger partial charge in [-0.05, 0) is 61.9 Å². The highest BCUT2D eigenvalue weighted by Crippen LogP contribution is 2.54. The first kappa shape index (κ1) is 20.4. The van der Waals surface area contributed by atoms with Crippen LogP contribution in [0.15, 0.2) is 52.4 Å². The van der Waals surface area contributed by atoms with Crippen molar-refractivity contribution in [3.63, 3.8) is 0 Å². The monoisotopic (exact) mass is 427 g/mol. The van der Waals surface area contributed by atoms with Crippen LogP contribution in [0, 0.1) is 0 Å². The van der Waals surface area contributed by atoms with Gasteiger partial charge in [0, 0.05) is 31.7 Å². The minimum absolute atomic E-state index is 0.0836. The molecule has 158 valence electrons. The Kier molecular flexibility index (Phi) is 4.47. The van der Waals surface area contributed by atoms with Crippen molar-refractivity contribution in [3.8, 4) is 0 Å². The number of sulfone groups is 1. The maximum Gasteiger partial charge on any atom is 0.328 e. The van der Waals surface area contributed by atoms with E-state index in [-0.39, 0.29) is 17.4 Å². The van der Waals surface area contributed by atoms with Crippen LogP contribution < -0.4 is 9.80 Å². The van der Waals surface area contributed by atoms with Crippen LogP contribution in [0.4, 0.5) is 17.1 Å². The SMILES string of the molecule is CN(C)c1ccc(/N=C/C23OC(=O)CN2c2ccc(S(C)(=O)=O)cc2C3(C)C)cc1. The molecule has 0 N–H and O–H groups in total. The summed E-state index contributed by atoms with van der Waals surface area (Å²) in [5, 5.41) is 0. The van der Waals surface area contributed by atoms with E-state index in [0.717, 1.165) is 22.6 Å². The highest BCUT2D eigenvalue weighted by atomic mass is 32.2. The van der Waals surface area contributed by atoms with Crippen LogP contribution >= 0.6 is 0 Å². The summed E-state index contributed by atoms with van der Waals surface area (Å²) < 4.78 is 30.0. The number of hydrogen-bond acceptors (Lipinski definition) is 7. The number of hydrogen-bond donors (Lipinski definition) is 0. The van der Waals surface area contributed by atoms with Crippen LogP contribution in [0.1, 0.15) is 19.4 Å². The molecule has 2 heterocycles. The van der Waals surface area contributed by atoms with Gasteiger partial charge in [0.1, 0.15) is 6.54 Å². The van der Waals surface area contributed by atoms with Crippen LogP contribution in [-0.4, -0.2) is 53.2 Å². The van der Waals surface area contributed by atoms with Crippen LogP contribution in [0.5, 0.6) is 0 Å². The van der Waals surface area contributed by atoms with Gasteiger partial charge in [0.2, 0.25) is 5.72 Å². The van der Waals surface area contributed by atoms with E-state index in [1.54, 1.807) is 24.4 Å². The molecule has 0 bridgehead atoms. The van der Waals surface area contributed by atoms with Gasteiger partial charge in [0.05, 0.1) is 22.2 Å². The van der Waals surface area contributed by atoms with Crippen molar-refractivity contribution >= 4 is 39.1 Å². The lowest BCUT2D eigenvalue weighted by Crippen LogP contribution is -2.54. The molecule has 2 aliphatic heterocycles. The van der Waals surface area contributed by atoms with E-state index in [9.17, 15) is 13.2 Å². The van der Waals surface area contributed by atoms with Gasteiger partial charge >= 0.3 is 5.97 Å². The molecule has 0 amide bonds. The summed E-state index contributed by atoms with van der Waals surface area (Å²) in [4.78, 5) is 21.0. The first-order chi connectivity index (χ1) is 14.0. The second kappa shape index (κ2) is 6.57. The number of carbonyl (C=O) groups excluding carboxylic acids is 1. The van der Waals surface area contributed by atoms with Gasteiger partial charge in [-0.1, -0.05) is 0 Å². The number of carbonyl (C=O) groups is 1. The van der Waals surface area contributed by atoms with Crippen LogP contribution in [0.3, 0.4) is 0 Å². The molecule has 8 heteroatoms. The van der Waals surface area contributed by atoms with Crippen molar-refractivity contribution < 1.29 is 17.9 Å². The molecule has 0 spiro atoms. The third-order valence-electron chi connectivity index (χ3n) is 5.97. The van der Waals surface area contributed by atoms with Crippen LogP contribution in [-0.2, 0) is 24.8 Å². The normalized spacial score (nSPS) is 22.2. The Hall–Kier alpha value is -2.87. The molecule has 1 atom stereocenters. The first-order valence-corrected chi connectivity index (χ1v) is 11.5. The average Bonchev–Trinajstić information content (AvgIpc) is 3.10. The van der Waals surface area contributed by atoms with E-state index in [0.29, 0.717) is 0 Å². The van der Waals surface area contributed by atoms with Crippen molar-refractivity contribution in [1.82, 2.24) is 0 Å². The predicted molar refractivity (Wildman–Crippen MR) is 118 cm³/mol. The third kappa shape index (κ3) is 2.98. The molecule has 0 aromatic heterocycles. The van der Waals surface area contributed by atoms with E-state index in [2.05, 4.69) is 4.99 Å². The fourth-order valence-electron chi connectivity index (χ4n) is 4.17. The summed E-state index contributed by atoms with van der Waals surface area (Å²) >= 11 is 0. The summed E-state index contributed by atoms with van der Waals surface area (Å²) in [7, 11) is 0.578. The van der Waals surface area contributed by atoms with E-state index in [4.69, 9.17) is 4.74 Å². The molecular weight excluding hydrogens is 402 g/mol. The zero-order valence-corrected chi connectivity index (χ0v) is 18.5. The summed E-state index contributed by atoms with van der Waals surface area (Å²) in [5.74, 6) is -0.338. The zero-order chi connectivity index (χ0) is 21.9. The second-order valence-corrected chi connectivity index (χ2v) is 10.5. The summed E-state index contributed by atoms with van der Waals surface area (Å²) in [6.45, 7) is 3.97. The Bertz CT molecular complexity index is 1150. The lowest BCUT2D eigenvalue weighted by atomic mass is 9.78. The Labute approximate surface area is 176 Å². The topological polar surface area (TPSA) is 79.3 Å². The van der Waals surface area contributed by atoms with Gasteiger partial charge in [0.15, 0.2) is 9.84 Å². The number of fused-ring (bicyclic) bond motifs is 3. The quantitative estimate of drug-likeness (QED) is 0.551. The van der Waals surface area contributed by atoms with E-state index in [1.165, 1.54) is 6.26 Å². The minimum Gasteiger partial charge on any atom is -0.431 e. The fourth-order valence-corrected chi connectivity index (χ4v) is 4.81. The van der Waals surface area contributed by atoms with E-state index >= 15 is 0 Å². The molecule has 1 fully saturated rings. The van der Waals surface area contributed by atoms with Gasteiger partial charge in [-0.2, -0.15) is 0 Å². The van der Waals surface area contributed by atoms with Gasteiger partial charge in [-0.15, -0.1) is 0 Å². The summed E-state index contributed by atoms with van der Waals surface area (Å²) in [6, 6.07) is 12.7. The number of ether oxygens (including phenoxy) is 1. The molecule has 1 saturated heterocycles. The molecule has 0 aliphatic carbocycles. The lowest BCUT2D eigenvalue weighted by molar-refractivity contribution is -0.145.